The van der Waals surface area contributed by atoms with E-state index >= 15 is 0 Å². The number of carbonyl (C=O) groups excluding carboxylic acids is 1. The van der Waals surface area contributed by atoms with Crippen LogP contribution in [0.25, 0.3) is 0 Å². The Bertz CT molecular complexity index is 1000. The molecule has 0 bridgehead atoms. The molecule has 4 nitrogen and oxygen atoms in total. The van der Waals surface area contributed by atoms with Gasteiger partial charge in [0.2, 0.25) is 5.78 Å². The summed E-state index contributed by atoms with van der Waals surface area (Å²) in [6.07, 6.45) is 0.984. The lowest BCUT2D eigenvalue weighted by Crippen LogP contribution is -2.48. The van der Waals surface area contributed by atoms with E-state index in [1.165, 1.54) is 4.35 Å². The topological polar surface area (TPSA) is 44.1 Å². The number of benzene rings is 1. The Morgan fingerprint density at radius 1 is 0.935 bits per heavy atom. The fraction of sp³-hybridized carbons (Fsp3) is 0.545. The molecule has 2 aromatic rings. The summed E-state index contributed by atoms with van der Waals surface area (Å²) in [7, 11) is -5.07. The minimum atomic E-state index is -2.57. The fourth-order valence-corrected chi connectivity index (χ4v) is 5.42. The van der Waals surface area contributed by atoms with Crippen LogP contribution in [-0.4, -0.2) is 31.8 Å². The van der Waals surface area contributed by atoms with Gasteiger partial charge in [-0.15, -0.1) is 0 Å². The molecule has 0 N–H and O–H groups in total. The molecule has 0 spiro atoms. The standard InChI is InChI=1S/C22H33F3N2O2Si2/c1-21(2,3)30(7,8)27-18(17(25)13-26-27)19(28)15-11-14(23)12-16(24)20(15)29-31(9,10)22(4,5)6/h11-13H,1-10H3. The van der Waals surface area contributed by atoms with Crippen molar-refractivity contribution in [3.63, 3.8) is 0 Å². The van der Waals surface area contributed by atoms with E-state index in [2.05, 4.69) is 5.10 Å². The van der Waals surface area contributed by atoms with Crippen molar-refractivity contribution in [1.82, 2.24) is 9.45 Å². The first-order valence-corrected chi connectivity index (χ1v) is 16.1. The third kappa shape index (κ3) is 4.67. The Hall–Kier alpha value is -1.88. The third-order valence-corrected chi connectivity index (χ3v) is 16.1. The van der Waals surface area contributed by atoms with E-state index in [1.54, 1.807) is 0 Å². The Morgan fingerprint density at radius 3 is 1.97 bits per heavy atom. The summed E-state index contributed by atoms with van der Waals surface area (Å²) in [6.45, 7) is 19.6. The first kappa shape index (κ1) is 25.4. The monoisotopic (exact) mass is 470 g/mol. The highest BCUT2D eigenvalue weighted by molar-refractivity contribution is 6.78. The lowest BCUT2D eigenvalue weighted by molar-refractivity contribution is 0.102. The summed E-state index contributed by atoms with van der Waals surface area (Å²) >= 11 is 0. The average molecular weight is 471 g/mol. The van der Waals surface area contributed by atoms with Gasteiger partial charge < -0.3 is 4.43 Å². The average Bonchev–Trinajstić information content (AvgIpc) is 2.96. The second-order valence-corrected chi connectivity index (χ2v) is 20.8. The molecule has 1 aromatic carbocycles. The molecule has 0 radical (unpaired) electrons. The summed E-state index contributed by atoms with van der Waals surface area (Å²) in [6, 6.07) is 1.59. The van der Waals surface area contributed by atoms with Crippen molar-refractivity contribution in [2.24, 2.45) is 0 Å². The van der Waals surface area contributed by atoms with E-state index in [9.17, 15) is 18.0 Å². The van der Waals surface area contributed by atoms with Gasteiger partial charge in [-0.25, -0.2) is 13.2 Å². The van der Waals surface area contributed by atoms with Crippen molar-refractivity contribution >= 4 is 22.3 Å². The van der Waals surface area contributed by atoms with Crippen LogP contribution in [0.2, 0.25) is 36.3 Å². The lowest BCUT2D eigenvalue weighted by Gasteiger charge is -2.38. The number of aromatic nitrogens is 2. The summed E-state index contributed by atoms with van der Waals surface area (Å²) in [4.78, 5) is 13.5. The molecule has 172 valence electrons. The van der Waals surface area contributed by atoms with E-state index in [0.717, 1.165) is 12.3 Å². The van der Waals surface area contributed by atoms with Crippen LogP contribution in [0.4, 0.5) is 13.2 Å². The quantitative estimate of drug-likeness (QED) is 0.358. The smallest absolute Gasteiger partial charge is 0.250 e. The molecule has 31 heavy (non-hydrogen) atoms. The number of ketones is 1. The zero-order chi connectivity index (χ0) is 24.2. The molecule has 0 saturated carbocycles. The van der Waals surface area contributed by atoms with Gasteiger partial charge in [-0.05, 0) is 42.3 Å². The second kappa shape index (κ2) is 7.92. The van der Waals surface area contributed by atoms with E-state index in [0.29, 0.717) is 6.07 Å². The second-order valence-electron chi connectivity index (χ2n) is 11.0. The van der Waals surface area contributed by atoms with Gasteiger partial charge in [-0.1, -0.05) is 41.5 Å². The number of hydrogen-bond donors (Lipinski definition) is 0. The molecular formula is C22H33F3N2O2Si2. The van der Waals surface area contributed by atoms with Crippen molar-refractivity contribution in [2.75, 3.05) is 0 Å². The number of halogens is 3. The molecule has 0 aliphatic rings. The largest absolute Gasteiger partial charge is 0.541 e. The molecule has 0 saturated heterocycles. The maximum absolute atomic E-state index is 14.9. The Kier molecular flexibility index (Phi) is 6.48. The van der Waals surface area contributed by atoms with E-state index < -0.39 is 39.8 Å². The van der Waals surface area contributed by atoms with Crippen LogP contribution < -0.4 is 4.43 Å². The number of nitrogens with zero attached hydrogens (tertiary/aromatic N) is 2. The molecule has 1 heterocycles. The van der Waals surface area contributed by atoms with Crippen LogP contribution in [0.1, 0.15) is 57.6 Å². The van der Waals surface area contributed by atoms with Gasteiger partial charge in [0.05, 0.1) is 11.8 Å². The van der Waals surface area contributed by atoms with Crippen molar-refractivity contribution in [1.29, 1.82) is 0 Å². The van der Waals surface area contributed by atoms with Crippen LogP contribution in [0.3, 0.4) is 0 Å². The summed E-state index contributed by atoms with van der Waals surface area (Å²) in [5, 5.41) is 3.61. The molecule has 2 rings (SSSR count). The molecule has 0 atom stereocenters. The van der Waals surface area contributed by atoms with Crippen LogP contribution in [0.15, 0.2) is 18.3 Å². The van der Waals surface area contributed by atoms with Gasteiger partial charge >= 0.3 is 0 Å². The van der Waals surface area contributed by atoms with Crippen molar-refractivity contribution in [2.45, 2.75) is 77.8 Å². The zero-order valence-corrected chi connectivity index (χ0v) is 22.1. The van der Waals surface area contributed by atoms with Gasteiger partial charge in [-0.3, -0.25) is 9.14 Å². The molecule has 0 unspecified atom stereocenters. The van der Waals surface area contributed by atoms with E-state index in [-0.39, 0.29) is 27.1 Å². The highest BCUT2D eigenvalue weighted by atomic mass is 28.4. The van der Waals surface area contributed by atoms with Crippen LogP contribution >= 0.6 is 0 Å². The predicted octanol–water partition coefficient (Wildman–Crippen LogP) is 6.77. The van der Waals surface area contributed by atoms with Crippen LogP contribution in [-0.2, 0) is 0 Å². The van der Waals surface area contributed by atoms with Gasteiger partial charge in [0.25, 0.3) is 8.32 Å². The van der Waals surface area contributed by atoms with Gasteiger partial charge in [0, 0.05) is 6.07 Å². The number of hydrogen-bond acceptors (Lipinski definition) is 3. The Labute approximate surface area is 185 Å². The number of rotatable bonds is 5. The van der Waals surface area contributed by atoms with Gasteiger partial charge in [0.15, 0.2) is 25.6 Å². The lowest BCUT2D eigenvalue weighted by atomic mass is 10.1. The highest BCUT2D eigenvalue weighted by Crippen LogP contribution is 2.41. The van der Waals surface area contributed by atoms with Crippen molar-refractivity contribution in [3.05, 3.63) is 47.0 Å². The minimum Gasteiger partial charge on any atom is -0.541 e. The molecule has 1 aromatic heterocycles. The molecule has 0 aliphatic carbocycles. The van der Waals surface area contributed by atoms with Crippen LogP contribution in [0, 0.1) is 17.5 Å². The van der Waals surface area contributed by atoms with Gasteiger partial charge in [0.1, 0.15) is 11.5 Å². The molecule has 0 fully saturated rings. The van der Waals surface area contributed by atoms with E-state index in [4.69, 9.17) is 4.43 Å². The molecular weight excluding hydrogens is 437 g/mol. The highest BCUT2D eigenvalue weighted by Gasteiger charge is 2.43. The fourth-order valence-electron chi connectivity index (χ4n) is 2.64. The molecule has 9 heteroatoms. The summed E-state index contributed by atoms with van der Waals surface area (Å²) in [5.74, 6) is -3.90. The van der Waals surface area contributed by atoms with E-state index in [1.807, 2.05) is 67.7 Å². The number of carbonyl (C=O) groups is 1. The first-order valence-electron chi connectivity index (χ1n) is 10.3. The maximum Gasteiger partial charge on any atom is 0.250 e. The third-order valence-electron chi connectivity index (χ3n) is 6.72. The normalized spacial score (nSPS) is 13.5. The summed E-state index contributed by atoms with van der Waals surface area (Å²) in [5.41, 5.74) is -0.627. The first-order chi connectivity index (χ1) is 13.8. The van der Waals surface area contributed by atoms with Crippen LogP contribution in [0.5, 0.6) is 5.75 Å². The van der Waals surface area contributed by atoms with Gasteiger partial charge in [-0.2, -0.15) is 5.10 Å². The maximum atomic E-state index is 14.9. The molecule has 0 amide bonds. The SMILES string of the molecule is CC(C)(C)[Si](C)(C)Oc1c(F)cc(F)cc1C(=O)c1c(F)cnn1[Si](C)(C)C(C)(C)C. The van der Waals surface area contributed by atoms with Crippen molar-refractivity contribution < 1.29 is 22.4 Å². The molecule has 0 aliphatic heterocycles. The summed E-state index contributed by atoms with van der Waals surface area (Å²) < 4.78 is 51.3. The zero-order valence-electron chi connectivity index (χ0n) is 20.1. The minimum absolute atomic E-state index is 0.256. The Balaban J connectivity index is 2.72. The van der Waals surface area contributed by atoms with Crippen molar-refractivity contribution in [3.8, 4) is 5.75 Å². The Morgan fingerprint density at radius 2 is 1.48 bits per heavy atom. The predicted molar refractivity (Wildman–Crippen MR) is 122 cm³/mol.